The van der Waals surface area contributed by atoms with Crippen molar-refractivity contribution < 1.29 is 36.9 Å². The van der Waals surface area contributed by atoms with E-state index in [0.29, 0.717) is 64.6 Å². The first-order chi connectivity index (χ1) is 18.7. The van der Waals surface area contributed by atoms with Crippen molar-refractivity contribution in [3.63, 3.8) is 0 Å². The number of carbonyl (C=O) groups is 1. The van der Waals surface area contributed by atoms with Crippen molar-refractivity contribution >= 4 is 12.1 Å². The second kappa shape index (κ2) is 11.3. The number of piperazine rings is 1. The number of benzene rings is 1. The van der Waals surface area contributed by atoms with Crippen LogP contribution >= 0.6 is 0 Å². The molecule has 1 aromatic carbocycles. The molecule has 1 N–H and O–H groups in total. The van der Waals surface area contributed by atoms with Gasteiger partial charge in [-0.05, 0) is 30.0 Å². The molecule has 1 aliphatic carbocycles. The van der Waals surface area contributed by atoms with Gasteiger partial charge in [0.1, 0.15) is 18.4 Å². The van der Waals surface area contributed by atoms with E-state index in [1.54, 1.807) is 0 Å². The second-order valence-electron chi connectivity index (χ2n) is 10.1. The Morgan fingerprint density at radius 3 is 2.44 bits per heavy atom. The molecule has 2 aromatic rings. The number of aldehydes is 1. The number of aliphatic hydroxyl groups is 1. The minimum absolute atomic E-state index is 0.129. The molecule has 5 rings (SSSR count). The highest BCUT2D eigenvalue weighted by atomic mass is 19.4. The molecule has 3 aliphatic rings. The number of nitrogens with zero attached hydrogens (tertiary/aromatic N) is 5. The van der Waals surface area contributed by atoms with Crippen LogP contribution in [0.3, 0.4) is 0 Å². The van der Waals surface area contributed by atoms with E-state index in [9.17, 15) is 27.5 Å². The summed E-state index contributed by atoms with van der Waals surface area (Å²) in [7, 11) is 0. The van der Waals surface area contributed by atoms with Crippen LogP contribution in [0.25, 0.3) is 0 Å². The molecule has 4 atom stereocenters. The number of ether oxygens (including phenoxy) is 2. The molecule has 2 fully saturated rings. The minimum atomic E-state index is -5.03. The first-order valence-corrected chi connectivity index (χ1v) is 13.0. The van der Waals surface area contributed by atoms with Crippen molar-refractivity contribution in [2.24, 2.45) is 0 Å². The number of halogens is 4. The average Bonchev–Trinajstić information content (AvgIpc) is 3.21. The number of hydrogen-bond donors (Lipinski definition) is 1. The van der Waals surface area contributed by atoms with Crippen LogP contribution in [0.1, 0.15) is 48.1 Å². The summed E-state index contributed by atoms with van der Waals surface area (Å²) in [6, 6.07) is 3.17. The van der Waals surface area contributed by atoms with Gasteiger partial charge in [-0.1, -0.05) is 13.0 Å². The highest BCUT2D eigenvalue weighted by Gasteiger charge is 2.39. The van der Waals surface area contributed by atoms with Gasteiger partial charge in [0.2, 0.25) is 0 Å². The monoisotopic (exact) mass is 553 g/mol. The van der Waals surface area contributed by atoms with E-state index in [-0.39, 0.29) is 11.5 Å². The van der Waals surface area contributed by atoms with Gasteiger partial charge in [-0.2, -0.15) is 0 Å². The zero-order valence-corrected chi connectivity index (χ0v) is 21.5. The van der Waals surface area contributed by atoms with Gasteiger partial charge >= 0.3 is 6.36 Å². The number of hydrogen-bond acceptors (Lipinski definition) is 9. The van der Waals surface area contributed by atoms with Crippen molar-refractivity contribution in [1.82, 2.24) is 19.8 Å². The van der Waals surface area contributed by atoms with Crippen molar-refractivity contribution in [2.45, 2.75) is 43.8 Å². The Balaban J connectivity index is 1.38. The normalized spacial score (nSPS) is 24.3. The van der Waals surface area contributed by atoms with Gasteiger partial charge < -0.3 is 24.3 Å². The van der Waals surface area contributed by atoms with Crippen LogP contribution in [-0.2, 0) is 9.53 Å². The van der Waals surface area contributed by atoms with Crippen LogP contribution < -0.4 is 9.64 Å². The highest BCUT2D eigenvalue weighted by Crippen LogP contribution is 2.43. The topological polar surface area (TPSA) is 91.3 Å². The van der Waals surface area contributed by atoms with Gasteiger partial charge in [0, 0.05) is 44.8 Å². The maximum absolute atomic E-state index is 14.6. The number of fused-ring (bicyclic) bond motifs is 1. The summed E-state index contributed by atoms with van der Waals surface area (Å²) in [5.74, 6) is -2.01. The molecule has 2 unspecified atom stereocenters. The Labute approximate surface area is 223 Å². The summed E-state index contributed by atoms with van der Waals surface area (Å²) in [6.07, 6.45) is -3.27. The predicted molar refractivity (Wildman–Crippen MR) is 132 cm³/mol. The Hall–Kier alpha value is -2.87. The van der Waals surface area contributed by atoms with Crippen LogP contribution in [0.4, 0.5) is 23.4 Å². The lowest BCUT2D eigenvalue weighted by atomic mass is 9.94. The van der Waals surface area contributed by atoms with Gasteiger partial charge in [-0.15, -0.1) is 13.2 Å². The molecular weight excluding hydrogens is 522 g/mol. The lowest BCUT2D eigenvalue weighted by molar-refractivity contribution is -0.275. The fourth-order valence-corrected chi connectivity index (χ4v) is 5.93. The highest BCUT2D eigenvalue weighted by molar-refractivity contribution is 5.64. The zero-order chi connectivity index (χ0) is 27.7. The Kier molecular flexibility index (Phi) is 8.04. The molecule has 39 heavy (non-hydrogen) atoms. The molecule has 0 radical (unpaired) electrons. The average molecular weight is 554 g/mol. The molecule has 0 amide bonds. The molecule has 3 heterocycles. The van der Waals surface area contributed by atoms with E-state index in [4.69, 9.17) is 4.74 Å². The maximum Gasteiger partial charge on any atom is 0.573 e. The molecule has 0 spiro atoms. The SMILES string of the molecule is C[C@@H]1C[C@@H](O)c2ncnc(N3CCN(C(C(C=O)c4ccc(OC(F)(F)F)c(F)c4)N4CCOCC4)CC3)c21. The zero-order valence-electron chi connectivity index (χ0n) is 21.5. The molecular formula is C26H31F4N5O4. The van der Waals surface area contributed by atoms with Crippen molar-refractivity contribution in [1.29, 1.82) is 0 Å². The molecule has 212 valence electrons. The predicted octanol–water partition coefficient (Wildman–Crippen LogP) is 2.82. The van der Waals surface area contributed by atoms with Crippen LogP contribution in [0.5, 0.6) is 5.75 Å². The second-order valence-corrected chi connectivity index (χ2v) is 10.1. The van der Waals surface area contributed by atoms with E-state index >= 15 is 0 Å². The number of carbonyl (C=O) groups excluding carboxylic acids is 1. The molecule has 13 heteroatoms. The standard InChI is InChI=1S/C26H31F4N5O4/c1-16-12-20(37)23-22(16)24(32-15-31-23)33-4-6-34(7-5-33)25(35-8-10-38-11-9-35)18(14-36)17-2-3-21(19(27)13-17)39-26(28,29)30/h2-3,13-16,18,20,25,37H,4-12H2,1H3/t16-,18?,20-,25?/m1/s1. The minimum Gasteiger partial charge on any atom is -0.403 e. The number of morpholine rings is 1. The molecule has 1 aromatic heterocycles. The number of anilines is 1. The summed E-state index contributed by atoms with van der Waals surface area (Å²) in [5, 5.41) is 10.4. The lowest BCUT2D eigenvalue weighted by Crippen LogP contribution is -2.60. The van der Waals surface area contributed by atoms with E-state index in [1.165, 1.54) is 12.4 Å². The largest absolute Gasteiger partial charge is 0.573 e. The third-order valence-corrected chi connectivity index (χ3v) is 7.72. The third-order valence-electron chi connectivity index (χ3n) is 7.72. The number of aliphatic hydroxyl groups excluding tert-OH is 1. The summed E-state index contributed by atoms with van der Waals surface area (Å²) >= 11 is 0. The lowest BCUT2D eigenvalue weighted by Gasteiger charge is -2.47. The van der Waals surface area contributed by atoms with Crippen LogP contribution in [-0.4, -0.2) is 96.2 Å². The van der Waals surface area contributed by atoms with E-state index in [0.717, 1.165) is 29.8 Å². The maximum atomic E-state index is 14.6. The van der Waals surface area contributed by atoms with Crippen molar-refractivity contribution in [3.8, 4) is 5.75 Å². The third kappa shape index (κ3) is 5.86. The molecule has 0 saturated carbocycles. The first kappa shape index (κ1) is 27.7. The van der Waals surface area contributed by atoms with E-state index in [2.05, 4.69) is 29.4 Å². The molecule has 0 bridgehead atoms. The number of aromatic nitrogens is 2. The Bertz CT molecular complexity index is 1170. The van der Waals surface area contributed by atoms with E-state index in [1.807, 2.05) is 6.92 Å². The Morgan fingerprint density at radius 1 is 1.10 bits per heavy atom. The number of alkyl halides is 3. The summed E-state index contributed by atoms with van der Waals surface area (Å²) in [4.78, 5) is 27.7. The fourth-order valence-electron chi connectivity index (χ4n) is 5.93. The van der Waals surface area contributed by atoms with Crippen LogP contribution in [0.15, 0.2) is 24.5 Å². The number of rotatable bonds is 7. The van der Waals surface area contributed by atoms with Crippen molar-refractivity contribution in [3.05, 3.63) is 47.2 Å². The van der Waals surface area contributed by atoms with Gasteiger partial charge in [-0.3, -0.25) is 9.80 Å². The summed E-state index contributed by atoms with van der Waals surface area (Å²) < 4.78 is 61.8. The molecule has 2 saturated heterocycles. The van der Waals surface area contributed by atoms with Crippen LogP contribution in [0.2, 0.25) is 0 Å². The fraction of sp³-hybridized carbons (Fsp3) is 0.577. The first-order valence-electron chi connectivity index (χ1n) is 13.0. The van der Waals surface area contributed by atoms with Gasteiger partial charge in [0.25, 0.3) is 0 Å². The quantitative estimate of drug-likeness (QED) is 0.411. The van der Waals surface area contributed by atoms with Gasteiger partial charge in [0.15, 0.2) is 11.6 Å². The smallest absolute Gasteiger partial charge is 0.403 e. The van der Waals surface area contributed by atoms with Gasteiger partial charge in [0.05, 0.1) is 37.1 Å². The Morgan fingerprint density at radius 2 is 1.79 bits per heavy atom. The summed E-state index contributed by atoms with van der Waals surface area (Å²) in [6.45, 7) is 6.45. The summed E-state index contributed by atoms with van der Waals surface area (Å²) in [5.41, 5.74) is 1.90. The molecule has 2 aliphatic heterocycles. The van der Waals surface area contributed by atoms with Gasteiger partial charge in [-0.25, -0.2) is 14.4 Å². The van der Waals surface area contributed by atoms with E-state index < -0.39 is 36.1 Å². The van der Waals surface area contributed by atoms with Crippen LogP contribution in [0, 0.1) is 5.82 Å². The molecule has 9 nitrogen and oxygen atoms in total. The van der Waals surface area contributed by atoms with Crippen molar-refractivity contribution in [2.75, 3.05) is 57.4 Å².